The van der Waals surface area contributed by atoms with Gasteiger partial charge in [0.2, 0.25) is 0 Å². The quantitative estimate of drug-likeness (QED) is 0.733. The zero-order valence-corrected chi connectivity index (χ0v) is 10.2. The van der Waals surface area contributed by atoms with E-state index in [1.807, 2.05) is 6.92 Å². The van der Waals surface area contributed by atoms with Gasteiger partial charge in [0.15, 0.2) is 0 Å². The van der Waals surface area contributed by atoms with Crippen molar-refractivity contribution < 1.29 is 5.11 Å². The number of rotatable bonds is 2. The SMILES string of the molecule is CC(O)C1(C2CCCCC2)CCCCC1. The molecule has 2 aliphatic rings. The molecule has 2 aliphatic carbocycles. The fourth-order valence-electron chi connectivity index (χ4n) is 4.05. The van der Waals surface area contributed by atoms with E-state index in [0.29, 0.717) is 5.41 Å². The second kappa shape index (κ2) is 4.86. The van der Waals surface area contributed by atoms with E-state index < -0.39 is 0 Å². The zero-order valence-electron chi connectivity index (χ0n) is 10.2. The summed E-state index contributed by atoms with van der Waals surface area (Å²) in [5.74, 6) is 0.826. The minimum atomic E-state index is -0.0825. The Balaban J connectivity index is 2.09. The first kappa shape index (κ1) is 11.4. The molecule has 0 radical (unpaired) electrons. The van der Waals surface area contributed by atoms with Crippen molar-refractivity contribution in [3.05, 3.63) is 0 Å². The van der Waals surface area contributed by atoms with E-state index in [-0.39, 0.29) is 6.10 Å². The highest BCUT2D eigenvalue weighted by Crippen LogP contribution is 2.50. The van der Waals surface area contributed by atoms with Gasteiger partial charge in [0.25, 0.3) is 0 Å². The minimum absolute atomic E-state index is 0.0825. The first-order valence-corrected chi connectivity index (χ1v) is 6.94. The van der Waals surface area contributed by atoms with Crippen molar-refractivity contribution in [2.75, 3.05) is 0 Å². The predicted octanol–water partition coefficient (Wildman–Crippen LogP) is 3.90. The Morgan fingerprint density at radius 3 is 2.00 bits per heavy atom. The fourth-order valence-corrected chi connectivity index (χ4v) is 4.05. The Labute approximate surface area is 94.3 Å². The number of hydrogen-bond donors (Lipinski definition) is 1. The average molecular weight is 210 g/mol. The van der Waals surface area contributed by atoms with E-state index >= 15 is 0 Å². The third-order valence-corrected chi connectivity index (χ3v) is 5.03. The van der Waals surface area contributed by atoms with Crippen LogP contribution in [0.3, 0.4) is 0 Å². The van der Waals surface area contributed by atoms with Crippen molar-refractivity contribution in [1.82, 2.24) is 0 Å². The standard InChI is InChI=1S/C14H26O/c1-12(15)14(10-6-3-7-11-14)13-8-4-2-5-9-13/h12-13,15H,2-11H2,1H3. The van der Waals surface area contributed by atoms with Gasteiger partial charge < -0.3 is 5.11 Å². The highest BCUT2D eigenvalue weighted by molar-refractivity contribution is 4.93. The summed E-state index contributed by atoms with van der Waals surface area (Å²) in [5, 5.41) is 10.2. The van der Waals surface area contributed by atoms with Gasteiger partial charge >= 0.3 is 0 Å². The molecule has 0 aromatic heterocycles. The van der Waals surface area contributed by atoms with E-state index in [0.717, 1.165) is 5.92 Å². The average Bonchev–Trinajstić information content (AvgIpc) is 2.31. The van der Waals surface area contributed by atoms with Crippen molar-refractivity contribution in [2.45, 2.75) is 77.2 Å². The lowest BCUT2D eigenvalue weighted by Crippen LogP contribution is -2.42. The molecule has 0 saturated heterocycles. The normalized spacial score (nSPS) is 30.0. The highest BCUT2D eigenvalue weighted by atomic mass is 16.3. The highest BCUT2D eigenvalue weighted by Gasteiger charge is 2.43. The van der Waals surface area contributed by atoms with E-state index in [1.165, 1.54) is 64.2 Å². The summed E-state index contributed by atoms with van der Waals surface area (Å²) < 4.78 is 0. The Morgan fingerprint density at radius 2 is 1.47 bits per heavy atom. The molecule has 15 heavy (non-hydrogen) atoms. The van der Waals surface area contributed by atoms with Crippen LogP contribution in [-0.2, 0) is 0 Å². The molecule has 2 rings (SSSR count). The van der Waals surface area contributed by atoms with Crippen LogP contribution in [0.1, 0.15) is 71.1 Å². The van der Waals surface area contributed by atoms with Crippen LogP contribution < -0.4 is 0 Å². The Morgan fingerprint density at radius 1 is 0.933 bits per heavy atom. The maximum atomic E-state index is 10.2. The van der Waals surface area contributed by atoms with E-state index in [4.69, 9.17) is 0 Å². The van der Waals surface area contributed by atoms with Gasteiger partial charge in [0.05, 0.1) is 6.10 Å². The summed E-state index contributed by atoms with van der Waals surface area (Å²) in [4.78, 5) is 0. The van der Waals surface area contributed by atoms with E-state index in [2.05, 4.69) is 0 Å². The van der Waals surface area contributed by atoms with Gasteiger partial charge in [-0.2, -0.15) is 0 Å². The fraction of sp³-hybridized carbons (Fsp3) is 1.00. The zero-order chi connectivity index (χ0) is 10.7. The summed E-state index contributed by atoms with van der Waals surface area (Å²) in [7, 11) is 0. The van der Waals surface area contributed by atoms with Crippen molar-refractivity contribution in [3.63, 3.8) is 0 Å². The maximum Gasteiger partial charge on any atom is 0.0570 e. The first-order valence-electron chi connectivity index (χ1n) is 6.94. The molecule has 0 aromatic carbocycles. The smallest absolute Gasteiger partial charge is 0.0570 e. The van der Waals surface area contributed by atoms with Crippen molar-refractivity contribution in [2.24, 2.45) is 11.3 Å². The lowest BCUT2D eigenvalue weighted by molar-refractivity contribution is -0.0496. The molecule has 0 aromatic rings. The van der Waals surface area contributed by atoms with Gasteiger partial charge in [0.1, 0.15) is 0 Å². The number of hydrogen-bond acceptors (Lipinski definition) is 1. The Bertz CT molecular complexity index is 186. The number of aliphatic hydroxyl groups is 1. The second-order valence-electron chi connectivity index (χ2n) is 5.80. The van der Waals surface area contributed by atoms with Crippen LogP contribution in [-0.4, -0.2) is 11.2 Å². The molecule has 1 unspecified atom stereocenters. The van der Waals surface area contributed by atoms with Crippen LogP contribution in [0.25, 0.3) is 0 Å². The Hall–Kier alpha value is -0.0400. The van der Waals surface area contributed by atoms with Gasteiger partial charge in [0, 0.05) is 0 Å². The summed E-state index contributed by atoms with van der Waals surface area (Å²) in [6, 6.07) is 0. The van der Waals surface area contributed by atoms with Crippen molar-refractivity contribution in [3.8, 4) is 0 Å². The van der Waals surface area contributed by atoms with E-state index in [9.17, 15) is 5.11 Å². The van der Waals surface area contributed by atoms with Gasteiger partial charge in [-0.15, -0.1) is 0 Å². The van der Waals surface area contributed by atoms with Crippen LogP contribution in [0.5, 0.6) is 0 Å². The summed E-state index contributed by atoms with van der Waals surface area (Å²) in [6.07, 6.45) is 13.6. The monoisotopic (exact) mass is 210 g/mol. The molecule has 0 amide bonds. The first-order chi connectivity index (χ1) is 7.26. The molecule has 0 bridgehead atoms. The second-order valence-corrected chi connectivity index (χ2v) is 5.80. The van der Waals surface area contributed by atoms with E-state index in [1.54, 1.807) is 0 Å². The van der Waals surface area contributed by atoms with Crippen LogP contribution in [0.15, 0.2) is 0 Å². The molecule has 0 heterocycles. The molecule has 1 heteroatoms. The number of aliphatic hydroxyl groups excluding tert-OH is 1. The molecular weight excluding hydrogens is 184 g/mol. The molecule has 2 saturated carbocycles. The predicted molar refractivity (Wildman–Crippen MR) is 63.8 cm³/mol. The van der Waals surface area contributed by atoms with Crippen molar-refractivity contribution >= 4 is 0 Å². The summed E-state index contributed by atoms with van der Waals surface area (Å²) >= 11 is 0. The minimum Gasteiger partial charge on any atom is -0.393 e. The van der Waals surface area contributed by atoms with Crippen molar-refractivity contribution in [1.29, 1.82) is 0 Å². The topological polar surface area (TPSA) is 20.2 Å². The largest absolute Gasteiger partial charge is 0.393 e. The third-order valence-electron chi connectivity index (χ3n) is 5.03. The molecule has 1 atom stereocenters. The molecular formula is C14H26O. The van der Waals surface area contributed by atoms with Gasteiger partial charge in [-0.1, -0.05) is 38.5 Å². The molecule has 1 N–H and O–H groups in total. The maximum absolute atomic E-state index is 10.2. The van der Waals surface area contributed by atoms with Gasteiger partial charge in [-0.25, -0.2) is 0 Å². The molecule has 0 spiro atoms. The molecule has 1 nitrogen and oxygen atoms in total. The summed E-state index contributed by atoms with van der Waals surface area (Å²) in [6.45, 7) is 2.04. The lowest BCUT2D eigenvalue weighted by Gasteiger charge is -2.47. The van der Waals surface area contributed by atoms with Crippen LogP contribution in [0.2, 0.25) is 0 Å². The van der Waals surface area contributed by atoms with Gasteiger partial charge in [-0.05, 0) is 43.9 Å². The summed E-state index contributed by atoms with van der Waals surface area (Å²) in [5.41, 5.74) is 0.304. The molecule has 88 valence electrons. The van der Waals surface area contributed by atoms with Crippen LogP contribution >= 0.6 is 0 Å². The van der Waals surface area contributed by atoms with Crippen LogP contribution in [0.4, 0.5) is 0 Å². The molecule has 2 fully saturated rings. The lowest BCUT2D eigenvalue weighted by atomic mass is 9.59. The third kappa shape index (κ3) is 2.22. The Kier molecular flexibility index (Phi) is 3.71. The van der Waals surface area contributed by atoms with Crippen LogP contribution in [0, 0.1) is 11.3 Å². The molecule has 0 aliphatic heterocycles. The van der Waals surface area contributed by atoms with Gasteiger partial charge in [-0.3, -0.25) is 0 Å².